The number of hydrogen-bond acceptors (Lipinski definition) is 4. The Balaban J connectivity index is 3.80. The molecule has 1 aromatic heterocycles. The summed E-state index contributed by atoms with van der Waals surface area (Å²) in [6.07, 6.45) is -10.6. The van der Waals surface area contributed by atoms with Crippen LogP contribution in [-0.4, -0.2) is 19.8 Å². The largest absolute Gasteiger partial charge is 0.573 e. The number of nitrogens with zero attached hydrogens (tertiary/aromatic N) is 1. The highest BCUT2D eigenvalue weighted by molar-refractivity contribution is 9.08. The van der Waals surface area contributed by atoms with Crippen molar-refractivity contribution in [3.05, 3.63) is 17.5 Å². The highest BCUT2D eigenvalue weighted by Gasteiger charge is 2.44. The normalized spacial score (nSPS) is 13.3. The number of hydrogen-bond donors (Lipinski definition) is 0. The zero-order chi connectivity index (χ0) is 16.6. The summed E-state index contributed by atoms with van der Waals surface area (Å²) in [7, 11) is -0.128. The van der Waals surface area contributed by atoms with Gasteiger partial charge in [0.15, 0.2) is 5.75 Å². The molecule has 0 N–H and O–H groups in total. The highest BCUT2D eigenvalue weighted by atomic mass is 79.9. The van der Waals surface area contributed by atoms with Gasteiger partial charge in [0, 0.05) is 16.0 Å². The molecule has 21 heavy (non-hydrogen) atoms. The number of ether oxygens (including phenoxy) is 1. The molecule has 0 atom stereocenters. The van der Waals surface area contributed by atoms with E-state index in [9.17, 15) is 34.8 Å². The number of rotatable bonds is 3. The van der Waals surface area contributed by atoms with Gasteiger partial charge in [0.1, 0.15) is 10.5 Å². The molecule has 0 saturated carbocycles. The zero-order valence-electron chi connectivity index (χ0n) is 9.39. The van der Waals surface area contributed by atoms with Crippen molar-refractivity contribution in [2.24, 2.45) is 0 Å². The molecule has 0 bridgehead atoms. The average molecular weight is 423 g/mol. The summed E-state index contributed by atoms with van der Waals surface area (Å²) in [5.41, 5.74) is -2.86. The second kappa shape index (κ2) is 5.80. The highest BCUT2D eigenvalue weighted by Crippen LogP contribution is 2.44. The van der Waals surface area contributed by atoms with E-state index in [4.69, 9.17) is 10.7 Å². The van der Waals surface area contributed by atoms with Crippen molar-refractivity contribution in [3.63, 3.8) is 0 Å². The van der Waals surface area contributed by atoms with Crippen molar-refractivity contribution >= 4 is 35.7 Å². The van der Waals surface area contributed by atoms with Gasteiger partial charge in [0.05, 0.1) is 11.9 Å². The Morgan fingerprint density at radius 1 is 1.24 bits per heavy atom. The van der Waals surface area contributed by atoms with Crippen LogP contribution in [0.15, 0.2) is 11.1 Å². The minimum Gasteiger partial charge on any atom is -0.404 e. The maximum Gasteiger partial charge on any atom is 0.573 e. The van der Waals surface area contributed by atoms with Gasteiger partial charge in [-0.1, -0.05) is 15.9 Å². The summed E-state index contributed by atoms with van der Waals surface area (Å²) in [4.78, 5) is 1.61. The molecule has 0 spiro atoms. The second-order valence-electron chi connectivity index (χ2n) is 3.39. The molecule has 0 aliphatic rings. The SMILES string of the molecule is O=S(=O)(Cl)c1cnc(CBr)c(C(F)(F)F)c1OC(F)(F)F. The Hall–Kier alpha value is -0.750. The fourth-order valence-corrected chi connectivity index (χ4v) is 2.60. The molecule has 0 fully saturated rings. The van der Waals surface area contributed by atoms with Crippen molar-refractivity contribution in [2.45, 2.75) is 22.8 Å². The van der Waals surface area contributed by atoms with Gasteiger partial charge in [-0.3, -0.25) is 4.98 Å². The van der Waals surface area contributed by atoms with Crippen LogP contribution in [0.25, 0.3) is 0 Å². The minimum atomic E-state index is -5.55. The van der Waals surface area contributed by atoms with Gasteiger partial charge >= 0.3 is 12.5 Å². The van der Waals surface area contributed by atoms with Crippen molar-refractivity contribution in [1.29, 1.82) is 0 Å². The molecule has 1 aromatic rings. The molecule has 1 rings (SSSR count). The molecule has 13 heteroatoms. The van der Waals surface area contributed by atoms with Crippen LogP contribution >= 0.6 is 26.6 Å². The van der Waals surface area contributed by atoms with Crippen LogP contribution in [0.1, 0.15) is 11.3 Å². The predicted octanol–water partition coefficient (Wildman–Crippen LogP) is 3.82. The molecule has 0 unspecified atom stereocenters. The maximum atomic E-state index is 12.9. The number of aromatic nitrogens is 1. The van der Waals surface area contributed by atoms with Crippen LogP contribution in [0.4, 0.5) is 26.3 Å². The van der Waals surface area contributed by atoms with Crippen LogP contribution < -0.4 is 4.74 Å². The first-order chi connectivity index (χ1) is 9.27. The first-order valence-corrected chi connectivity index (χ1v) is 8.06. The second-order valence-corrected chi connectivity index (χ2v) is 6.49. The Morgan fingerprint density at radius 2 is 1.76 bits per heavy atom. The lowest BCUT2D eigenvalue weighted by Gasteiger charge is -2.19. The molecular formula is C8H3BrClF6NO3S. The Kier molecular flexibility index (Phi) is 5.05. The van der Waals surface area contributed by atoms with Gasteiger partial charge in [-0.15, -0.1) is 13.2 Å². The van der Waals surface area contributed by atoms with Crippen LogP contribution in [-0.2, 0) is 20.6 Å². The standard InChI is InChI=1S/C8H3BrClF6NO3S/c9-1-3-5(7(11,12)13)6(20-8(14,15)16)4(2-17-3)21(10,18)19/h2H,1H2. The van der Waals surface area contributed by atoms with Crippen molar-refractivity contribution < 1.29 is 39.5 Å². The van der Waals surface area contributed by atoms with Crippen LogP contribution in [0.3, 0.4) is 0 Å². The van der Waals surface area contributed by atoms with Crippen LogP contribution in [0.2, 0.25) is 0 Å². The molecule has 4 nitrogen and oxygen atoms in total. The Labute approximate surface area is 126 Å². The fourth-order valence-electron chi connectivity index (χ4n) is 1.30. The molecular weight excluding hydrogens is 420 g/mol. The van der Waals surface area contributed by atoms with Gasteiger partial charge in [0.25, 0.3) is 9.05 Å². The lowest BCUT2D eigenvalue weighted by Crippen LogP contribution is -2.23. The van der Waals surface area contributed by atoms with E-state index in [2.05, 4.69) is 25.7 Å². The summed E-state index contributed by atoms with van der Waals surface area (Å²) in [5.74, 6) is -1.96. The van der Waals surface area contributed by atoms with E-state index in [1.54, 1.807) is 0 Å². The molecule has 0 aromatic carbocycles. The fraction of sp³-hybridized carbons (Fsp3) is 0.375. The molecule has 0 radical (unpaired) electrons. The first kappa shape index (κ1) is 18.3. The van der Waals surface area contributed by atoms with E-state index in [0.717, 1.165) is 0 Å². The molecule has 1 heterocycles. The third kappa shape index (κ3) is 4.61. The van der Waals surface area contributed by atoms with Gasteiger partial charge in [-0.25, -0.2) is 8.42 Å². The topological polar surface area (TPSA) is 56.3 Å². The molecule has 0 aliphatic carbocycles. The predicted molar refractivity (Wildman–Crippen MR) is 61.6 cm³/mol. The third-order valence-electron chi connectivity index (χ3n) is 1.97. The van der Waals surface area contributed by atoms with Gasteiger partial charge in [-0.2, -0.15) is 13.2 Å². The number of alkyl halides is 7. The van der Waals surface area contributed by atoms with E-state index >= 15 is 0 Å². The molecule has 0 saturated heterocycles. The van der Waals surface area contributed by atoms with Gasteiger partial charge < -0.3 is 4.74 Å². The van der Waals surface area contributed by atoms with E-state index in [0.29, 0.717) is 0 Å². The molecule has 0 amide bonds. The summed E-state index contributed by atoms with van der Waals surface area (Å²) >= 11 is 2.61. The van der Waals surface area contributed by atoms with Crippen molar-refractivity contribution in [2.75, 3.05) is 0 Å². The van der Waals surface area contributed by atoms with Crippen molar-refractivity contribution in [1.82, 2.24) is 4.98 Å². The molecule has 120 valence electrons. The Morgan fingerprint density at radius 3 is 2.10 bits per heavy atom. The number of pyridine rings is 1. The van der Waals surface area contributed by atoms with E-state index in [-0.39, 0.29) is 6.20 Å². The van der Waals surface area contributed by atoms with Gasteiger partial charge in [0.2, 0.25) is 0 Å². The number of halogens is 8. The summed E-state index contributed by atoms with van der Waals surface area (Å²) in [6.45, 7) is 0. The summed E-state index contributed by atoms with van der Waals surface area (Å²) < 4.78 is 101. The quantitative estimate of drug-likeness (QED) is 0.422. The monoisotopic (exact) mass is 421 g/mol. The van der Waals surface area contributed by atoms with E-state index < -0.39 is 48.8 Å². The molecule has 0 aliphatic heterocycles. The van der Waals surface area contributed by atoms with E-state index in [1.165, 1.54) is 0 Å². The van der Waals surface area contributed by atoms with E-state index in [1.807, 2.05) is 0 Å². The minimum absolute atomic E-state index is 0.259. The van der Waals surface area contributed by atoms with Crippen LogP contribution in [0, 0.1) is 0 Å². The zero-order valence-corrected chi connectivity index (χ0v) is 12.5. The summed E-state index contributed by atoms with van der Waals surface area (Å²) in [5, 5.41) is -0.585. The average Bonchev–Trinajstić information content (AvgIpc) is 2.22. The maximum absolute atomic E-state index is 12.9. The smallest absolute Gasteiger partial charge is 0.404 e. The van der Waals surface area contributed by atoms with Crippen LogP contribution in [0.5, 0.6) is 5.75 Å². The summed E-state index contributed by atoms with van der Waals surface area (Å²) in [6, 6.07) is 0. The van der Waals surface area contributed by atoms with Gasteiger partial charge in [-0.05, 0) is 0 Å². The third-order valence-corrected chi connectivity index (χ3v) is 3.81. The lowest BCUT2D eigenvalue weighted by molar-refractivity contribution is -0.277. The van der Waals surface area contributed by atoms with Crippen molar-refractivity contribution in [3.8, 4) is 5.75 Å². The first-order valence-electron chi connectivity index (χ1n) is 4.63. The lowest BCUT2D eigenvalue weighted by atomic mass is 10.2. The Bertz CT molecular complexity index is 645.